The van der Waals surface area contributed by atoms with Gasteiger partial charge in [-0.3, -0.25) is 9.69 Å². The van der Waals surface area contributed by atoms with Gasteiger partial charge in [-0.25, -0.2) is 0 Å². The quantitative estimate of drug-likeness (QED) is 0.629. The molecule has 2 aromatic carbocycles. The number of carbonyl (C=O) groups is 1. The van der Waals surface area contributed by atoms with E-state index in [9.17, 15) is 4.79 Å². The maximum atomic E-state index is 13.0. The van der Waals surface area contributed by atoms with Crippen molar-refractivity contribution < 1.29 is 4.79 Å². The lowest BCUT2D eigenvalue weighted by Gasteiger charge is -2.17. The van der Waals surface area contributed by atoms with Gasteiger partial charge in [0, 0.05) is 30.8 Å². The molecule has 0 unspecified atom stereocenters. The fourth-order valence-corrected chi connectivity index (χ4v) is 2.90. The zero-order valence-corrected chi connectivity index (χ0v) is 13.2. The summed E-state index contributed by atoms with van der Waals surface area (Å²) in [6, 6.07) is 14.0. The van der Waals surface area contributed by atoms with Crippen molar-refractivity contribution in [2.45, 2.75) is 20.4 Å². The smallest absolute Gasteiger partial charge is 0.193 e. The van der Waals surface area contributed by atoms with Crippen LogP contribution in [0.4, 0.5) is 0 Å². The zero-order valence-electron chi connectivity index (χ0n) is 13.2. The van der Waals surface area contributed by atoms with Crippen LogP contribution in [0.3, 0.4) is 0 Å². The summed E-state index contributed by atoms with van der Waals surface area (Å²) < 4.78 is 0. The van der Waals surface area contributed by atoms with Crippen LogP contribution >= 0.6 is 0 Å². The van der Waals surface area contributed by atoms with E-state index in [2.05, 4.69) is 23.1 Å². The molecule has 0 aromatic heterocycles. The minimum absolute atomic E-state index is 0.129. The van der Waals surface area contributed by atoms with E-state index in [0.717, 1.165) is 47.5 Å². The summed E-state index contributed by atoms with van der Waals surface area (Å²) in [5.74, 6) is 0.129. The summed E-state index contributed by atoms with van der Waals surface area (Å²) in [6.45, 7) is 6.77. The van der Waals surface area contributed by atoms with Crippen LogP contribution < -0.4 is 0 Å². The van der Waals surface area contributed by atoms with E-state index in [4.69, 9.17) is 0 Å². The third-order valence-electron chi connectivity index (χ3n) is 4.19. The largest absolute Gasteiger partial charge is 0.292 e. The first kappa shape index (κ1) is 14.7. The molecule has 0 spiro atoms. The van der Waals surface area contributed by atoms with Crippen molar-refractivity contribution >= 4 is 5.78 Å². The number of rotatable bonds is 4. The first-order valence-corrected chi connectivity index (χ1v) is 7.72. The lowest BCUT2D eigenvalue weighted by atomic mass is 9.94. The molecule has 3 rings (SSSR count). The maximum absolute atomic E-state index is 13.0. The molecule has 112 valence electrons. The highest BCUT2D eigenvalue weighted by Gasteiger charge is 2.17. The molecular weight excluding hydrogens is 270 g/mol. The van der Waals surface area contributed by atoms with Gasteiger partial charge in [-0.1, -0.05) is 54.1 Å². The van der Waals surface area contributed by atoms with Crippen LogP contribution in [0.5, 0.6) is 0 Å². The molecule has 1 heterocycles. The summed E-state index contributed by atoms with van der Waals surface area (Å²) in [6.07, 6.45) is 4.35. The Kier molecular flexibility index (Phi) is 4.21. The van der Waals surface area contributed by atoms with Crippen molar-refractivity contribution in [3.8, 4) is 0 Å². The average molecular weight is 291 g/mol. The molecule has 2 nitrogen and oxygen atoms in total. The molecule has 22 heavy (non-hydrogen) atoms. The van der Waals surface area contributed by atoms with Gasteiger partial charge in [-0.05, 0) is 31.0 Å². The highest BCUT2D eigenvalue weighted by molar-refractivity contribution is 6.10. The Labute approximate surface area is 132 Å². The first-order chi connectivity index (χ1) is 10.6. The molecule has 2 heteroatoms. The number of aryl methyl sites for hydroxylation is 2. The van der Waals surface area contributed by atoms with E-state index in [1.54, 1.807) is 0 Å². The van der Waals surface area contributed by atoms with Gasteiger partial charge in [-0.15, -0.1) is 0 Å². The third-order valence-corrected chi connectivity index (χ3v) is 4.19. The number of hydrogen-bond donors (Lipinski definition) is 0. The first-order valence-electron chi connectivity index (χ1n) is 7.72. The highest BCUT2D eigenvalue weighted by Crippen LogP contribution is 2.20. The van der Waals surface area contributed by atoms with Gasteiger partial charge in [0.05, 0.1) is 0 Å². The topological polar surface area (TPSA) is 20.3 Å². The van der Waals surface area contributed by atoms with Crippen LogP contribution in [0, 0.1) is 13.8 Å². The van der Waals surface area contributed by atoms with E-state index in [1.165, 1.54) is 0 Å². The van der Waals surface area contributed by atoms with Crippen LogP contribution in [0.2, 0.25) is 0 Å². The Balaban J connectivity index is 1.93. The number of nitrogens with zero attached hydrogens (tertiary/aromatic N) is 1. The summed E-state index contributed by atoms with van der Waals surface area (Å²) >= 11 is 0. The monoisotopic (exact) mass is 291 g/mol. The zero-order chi connectivity index (χ0) is 15.5. The van der Waals surface area contributed by atoms with Crippen LogP contribution in [-0.4, -0.2) is 23.8 Å². The predicted molar refractivity (Wildman–Crippen MR) is 90.2 cm³/mol. The predicted octanol–water partition coefficient (Wildman–Crippen LogP) is 3.91. The summed E-state index contributed by atoms with van der Waals surface area (Å²) in [5, 5.41) is 0. The molecule has 1 aliphatic rings. The number of benzene rings is 2. The van der Waals surface area contributed by atoms with E-state index in [1.807, 2.05) is 50.2 Å². The van der Waals surface area contributed by atoms with Crippen LogP contribution in [0.1, 0.15) is 32.6 Å². The second kappa shape index (κ2) is 6.29. The molecule has 0 aliphatic carbocycles. The van der Waals surface area contributed by atoms with Gasteiger partial charge in [0.2, 0.25) is 0 Å². The number of ketones is 1. The van der Waals surface area contributed by atoms with Gasteiger partial charge in [0.25, 0.3) is 0 Å². The highest BCUT2D eigenvalue weighted by atomic mass is 16.1. The normalized spacial score (nSPS) is 14.5. The van der Waals surface area contributed by atoms with Crippen molar-refractivity contribution in [3.05, 3.63) is 82.4 Å². The fraction of sp³-hybridized carbons (Fsp3) is 0.250. The maximum Gasteiger partial charge on any atom is 0.193 e. The van der Waals surface area contributed by atoms with Crippen molar-refractivity contribution in [3.63, 3.8) is 0 Å². The van der Waals surface area contributed by atoms with Crippen molar-refractivity contribution in [1.82, 2.24) is 4.90 Å². The van der Waals surface area contributed by atoms with E-state index >= 15 is 0 Å². The molecule has 0 N–H and O–H groups in total. The van der Waals surface area contributed by atoms with Crippen LogP contribution in [0.25, 0.3) is 0 Å². The molecule has 0 saturated heterocycles. The van der Waals surface area contributed by atoms with Gasteiger partial charge in [0.15, 0.2) is 5.78 Å². The Morgan fingerprint density at radius 3 is 2.50 bits per heavy atom. The lowest BCUT2D eigenvalue weighted by Crippen LogP contribution is -2.21. The van der Waals surface area contributed by atoms with E-state index < -0.39 is 0 Å². The minimum Gasteiger partial charge on any atom is -0.292 e. The van der Waals surface area contributed by atoms with E-state index in [-0.39, 0.29) is 5.78 Å². The van der Waals surface area contributed by atoms with Crippen LogP contribution in [-0.2, 0) is 6.54 Å². The molecule has 0 bridgehead atoms. The SMILES string of the molecule is Cc1ccc(C)c(C(=O)c2ccccc2CN2CC=CC2)c1. The van der Waals surface area contributed by atoms with Crippen molar-refractivity contribution in [2.75, 3.05) is 13.1 Å². The van der Waals surface area contributed by atoms with Crippen molar-refractivity contribution in [1.29, 1.82) is 0 Å². The number of hydrogen-bond acceptors (Lipinski definition) is 2. The summed E-state index contributed by atoms with van der Waals surface area (Å²) in [4.78, 5) is 15.3. The fourth-order valence-electron chi connectivity index (χ4n) is 2.90. The number of carbonyl (C=O) groups excluding carboxylic acids is 1. The Morgan fingerprint density at radius 1 is 1.00 bits per heavy atom. The Hall–Kier alpha value is -2.19. The van der Waals surface area contributed by atoms with Gasteiger partial charge < -0.3 is 0 Å². The van der Waals surface area contributed by atoms with Gasteiger partial charge >= 0.3 is 0 Å². The molecular formula is C20H21NO. The average Bonchev–Trinajstić information content (AvgIpc) is 3.02. The Morgan fingerprint density at radius 2 is 1.73 bits per heavy atom. The Bertz CT molecular complexity index is 722. The second-order valence-electron chi connectivity index (χ2n) is 5.97. The van der Waals surface area contributed by atoms with Gasteiger partial charge in [-0.2, -0.15) is 0 Å². The van der Waals surface area contributed by atoms with Gasteiger partial charge in [0.1, 0.15) is 0 Å². The summed E-state index contributed by atoms with van der Waals surface area (Å²) in [7, 11) is 0. The van der Waals surface area contributed by atoms with E-state index in [0.29, 0.717) is 0 Å². The van der Waals surface area contributed by atoms with Crippen LogP contribution in [0.15, 0.2) is 54.6 Å². The molecule has 0 atom stereocenters. The minimum atomic E-state index is 0.129. The molecule has 0 radical (unpaired) electrons. The molecule has 0 saturated carbocycles. The second-order valence-corrected chi connectivity index (χ2v) is 5.97. The third kappa shape index (κ3) is 3.02. The van der Waals surface area contributed by atoms with Crippen molar-refractivity contribution in [2.24, 2.45) is 0 Å². The molecule has 0 amide bonds. The molecule has 1 aliphatic heterocycles. The molecule has 2 aromatic rings. The lowest BCUT2D eigenvalue weighted by molar-refractivity contribution is 0.103. The standard InChI is InChI=1S/C20H21NO/c1-15-9-10-16(2)19(13-15)20(22)18-8-4-3-7-17(18)14-21-11-5-6-12-21/h3-10,13H,11-12,14H2,1-2H3. The molecule has 0 fully saturated rings. The summed E-state index contributed by atoms with van der Waals surface area (Å²) in [5.41, 5.74) is 4.90.